The maximum Gasteiger partial charge on any atom is 0.416 e. The third-order valence-corrected chi connectivity index (χ3v) is 5.14. The van der Waals surface area contributed by atoms with E-state index in [-0.39, 0.29) is 5.69 Å². The van der Waals surface area contributed by atoms with Gasteiger partial charge in [-0.1, -0.05) is 18.2 Å². The number of hydrogen-bond acceptors (Lipinski definition) is 3. The quantitative estimate of drug-likeness (QED) is 0.350. The maximum absolute atomic E-state index is 13.3. The summed E-state index contributed by atoms with van der Waals surface area (Å²) in [6.07, 6.45) is 0.499. The van der Waals surface area contributed by atoms with Crippen molar-refractivity contribution in [3.63, 3.8) is 0 Å². The minimum atomic E-state index is -4.51. The molecule has 0 N–H and O–H groups in total. The molecule has 0 bridgehead atoms. The fraction of sp³-hybridized carbons (Fsp3) is 0.0417. The lowest BCUT2D eigenvalue weighted by Crippen LogP contribution is -2.18. The average molecular weight is 417 g/mol. The van der Waals surface area contributed by atoms with Crippen molar-refractivity contribution in [2.45, 2.75) is 6.18 Å². The summed E-state index contributed by atoms with van der Waals surface area (Å²) in [5.74, 6) is 0. The van der Waals surface area contributed by atoms with Crippen LogP contribution in [0.1, 0.15) is 5.56 Å². The normalized spacial score (nSPS) is 11.8. The average Bonchev–Trinajstić information content (AvgIpc) is 2.78. The van der Waals surface area contributed by atoms with Gasteiger partial charge in [0, 0.05) is 46.7 Å². The third-order valence-electron chi connectivity index (χ3n) is 5.14. The summed E-state index contributed by atoms with van der Waals surface area (Å²) < 4.78 is 41.2. The van der Waals surface area contributed by atoms with Crippen LogP contribution >= 0.6 is 0 Å². The second-order valence-corrected chi connectivity index (χ2v) is 7.09. The Balaban J connectivity index is 1.86. The van der Waals surface area contributed by atoms with Gasteiger partial charge in [0.15, 0.2) is 0 Å². The molecule has 0 amide bonds. The van der Waals surface area contributed by atoms with Crippen molar-refractivity contribution in [2.24, 2.45) is 0 Å². The predicted octanol–water partition coefficient (Wildman–Crippen LogP) is 5.62. The van der Waals surface area contributed by atoms with Crippen molar-refractivity contribution >= 4 is 21.8 Å². The monoisotopic (exact) mass is 417 g/mol. The molecule has 0 spiro atoms. The molecular weight excluding hydrogens is 403 g/mol. The topological polar surface area (TPSA) is 47.8 Å². The van der Waals surface area contributed by atoms with Gasteiger partial charge in [-0.3, -0.25) is 19.3 Å². The van der Waals surface area contributed by atoms with Crippen molar-refractivity contribution in [1.82, 2.24) is 14.5 Å². The molecule has 0 radical (unpaired) electrons. The highest BCUT2D eigenvalue weighted by Crippen LogP contribution is 2.32. The lowest BCUT2D eigenvalue weighted by molar-refractivity contribution is -0.137. The van der Waals surface area contributed by atoms with Gasteiger partial charge in [0.1, 0.15) is 0 Å². The van der Waals surface area contributed by atoms with Crippen LogP contribution < -0.4 is 5.56 Å². The molecular formula is C24H14F3N3O. The van der Waals surface area contributed by atoms with Gasteiger partial charge in [0.05, 0.1) is 16.6 Å². The highest BCUT2D eigenvalue weighted by molar-refractivity contribution is 6.05. The van der Waals surface area contributed by atoms with Crippen LogP contribution in [0.2, 0.25) is 0 Å². The first kappa shape index (κ1) is 19.0. The minimum Gasteiger partial charge on any atom is -0.276 e. The molecule has 0 atom stereocenters. The Morgan fingerprint density at radius 3 is 2.48 bits per heavy atom. The molecule has 152 valence electrons. The van der Waals surface area contributed by atoms with Gasteiger partial charge in [-0.15, -0.1) is 0 Å². The van der Waals surface area contributed by atoms with Crippen LogP contribution in [0.3, 0.4) is 0 Å². The van der Waals surface area contributed by atoms with E-state index in [1.54, 1.807) is 24.7 Å². The van der Waals surface area contributed by atoms with E-state index in [9.17, 15) is 18.0 Å². The van der Waals surface area contributed by atoms with Crippen LogP contribution in [-0.4, -0.2) is 14.5 Å². The largest absolute Gasteiger partial charge is 0.416 e. The van der Waals surface area contributed by atoms with Gasteiger partial charge in [0.2, 0.25) is 0 Å². The van der Waals surface area contributed by atoms with Crippen LogP contribution in [-0.2, 0) is 6.18 Å². The Morgan fingerprint density at radius 1 is 0.839 bits per heavy atom. The zero-order chi connectivity index (χ0) is 21.6. The lowest BCUT2D eigenvalue weighted by atomic mass is 10.0. The highest BCUT2D eigenvalue weighted by atomic mass is 19.4. The van der Waals surface area contributed by atoms with Gasteiger partial charge >= 0.3 is 6.18 Å². The van der Waals surface area contributed by atoms with Gasteiger partial charge in [-0.2, -0.15) is 13.2 Å². The van der Waals surface area contributed by atoms with E-state index in [0.29, 0.717) is 21.8 Å². The Labute approximate surface area is 174 Å². The Hall–Kier alpha value is -4.00. The van der Waals surface area contributed by atoms with E-state index in [1.807, 2.05) is 30.3 Å². The number of alkyl halides is 3. The maximum atomic E-state index is 13.3. The van der Waals surface area contributed by atoms with Crippen molar-refractivity contribution < 1.29 is 13.2 Å². The number of halogens is 3. The molecule has 0 saturated heterocycles. The van der Waals surface area contributed by atoms with Crippen LogP contribution in [0, 0.1) is 0 Å². The number of pyridine rings is 3. The Morgan fingerprint density at radius 2 is 1.71 bits per heavy atom. The smallest absolute Gasteiger partial charge is 0.276 e. The molecule has 5 aromatic rings. The molecule has 7 heteroatoms. The predicted molar refractivity (Wildman–Crippen MR) is 113 cm³/mol. The summed E-state index contributed by atoms with van der Waals surface area (Å²) in [6.45, 7) is 0. The summed E-state index contributed by atoms with van der Waals surface area (Å²) in [5, 5.41) is 1.31. The van der Waals surface area contributed by atoms with E-state index in [0.717, 1.165) is 23.3 Å². The molecule has 0 aliphatic heterocycles. The van der Waals surface area contributed by atoms with Crippen molar-refractivity contribution in [1.29, 1.82) is 0 Å². The zero-order valence-corrected chi connectivity index (χ0v) is 16.0. The first-order valence-corrected chi connectivity index (χ1v) is 9.44. The van der Waals surface area contributed by atoms with Crippen LogP contribution in [0.5, 0.6) is 0 Å². The van der Waals surface area contributed by atoms with Gasteiger partial charge in [-0.25, -0.2) is 0 Å². The molecule has 3 aromatic heterocycles. The van der Waals surface area contributed by atoms with E-state index < -0.39 is 17.3 Å². The van der Waals surface area contributed by atoms with Crippen molar-refractivity contribution in [3.8, 4) is 16.8 Å². The molecule has 31 heavy (non-hydrogen) atoms. The summed E-state index contributed by atoms with van der Waals surface area (Å²) in [5.41, 5.74) is 1.78. The molecule has 0 saturated carbocycles. The molecule has 0 aliphatic rings. The molecule has 5 rings (SSSR count). The number of fused-ring (bicyclic) bond motifs is 3. The van der Waals surface area contributed by atoms with Crippen LogP contribution in [0.25, 0.3) is 38.6 Å². The van der Waals surface area contributed by atoms with E-state index >= 15 is 0 Å². The number of nitrogens with zero attached hydrogens (tertiary/aromatic N) is 3. The number of hydrogen-bond donors (Lipinski definition) is 0. The fourth-order valence-electron chi connectivity index (χ4n) is 3.70. The summed E-state index contributed by atoms with van der Waals surface area (Å²) >= 11 is 0. The minimum absolute atomic E-state index is 0.143. The van der Waals surface area contributed by atoms with Crippen molar-refractivity contribution in [2.75, 3.05) is 0 Å². The molecule has 2 aromatic carbocycles. The Bertz CT molecular complexity index is 1490. The highest BCUT2D eigenvalue weighted by Gasteiger charge is 2.30. The SMILES string of the molecule is O=c1ccc2cnc3ccc(-c4cccnc4)cc3c2n1-c1cccc(C(F)(F)F)c1. The first-order valence-electron chi connectivity index (χ1n) is 9.44. The molecule has 3 heterocycles. The first-order chi connectivity index (χ1) is 14.9. The fourth-order valence-corrected chi connectivity index (χ4v) is 3.70. The van der Waals surface area contributed by atoms with E-state index in [2.05, 4.69) is 9.97 Å². The van der Waals surface area contributed by atoms with Gasteiger partial charge in [0.25, 0.3) is 5.56 Å². The molecule has 4 nitrogen and oxygen atoms in total. The second kappa shape index (κ2) is 7.05. The number of aromatic nitrogens is 3. The number of rotatable bonds is 2. The second-order valence-electron chi connectivity index (χ2n) is 7.09. The Kier molecular flexibility index (Phi) is 4.32. The lowest BCUT2D eigenvalue weighted by Gasteiger charge is -2.15. The summed E-state index contributed by atoms with van der Waals surface area (Å²) in [7, 11) is 0. The molecule has 0 aliphatic carbocycles. The van der Waals surface area contributed by atoms with Gasteiger partial charge < -0.3 is 0 Å². The van der Waals surface area contributed by atoms with Crippen molar-refractivity contribution in [3.05, 3.63) is 101 Å². The van der Waals surface area contributed by atoms with E-state index in [1.165, 1.54) is 22.8 Å². The molecule has 0 unspecified atom stereocenters. The summed E-state index contributed by atoms with van der Waals surface area (Å²) in [4.78, 5) is 21.4. The van der Waals surface area contributed by atoms with E-state index in [4.69, 9.17) is 0 Å². The molecule has 0 fully saturated rings. The third kappa shape index (κ3) is 3.34. The van der Waals surface area contributed by atoms with Crippen LogP contribution in [0.15, 0.2) is 90.1 Å². The zero-order valence-electron chi connectivity index (χ0n) is 16.0. The standard InChI is InChI=1S/C24H14F3N3O/c25-24(26,27)18-4-1-5-19(12-18)30-22(31)9-7-17-14-29-21-8-6-15(11-20(21)23(17)30)16-3-2-10-28-13-16/h1-14H. The van der Waals surface area contributed by atoms with Gasteiger partial charge in [-0.05, 0) is 48.0 Å². The number of benzene rings is 2. The van der Waals surface area contributed by atoms with Crippen LogP contribution in [0.4, 0.5) is 13.2 Å². The summed E-state index contributed by atoms with van der Waals surface area (Å²) in [6, 6.07) is 17.1.